The normalized spacial score (nSPS) is 22.2. The zero-order chi connectivity index (χ0) is 15.4. The molecule has 7 heteroatoms. The number of hydrogen-bond donors (Lipinski definition) is 1. The molecular formula is C14H21N5O2. The third-order valence-corrected chi connectivity index (χ3v) is 3.81. The Morgan fingerprint density at radius 3 is 3.05 bits per heavy atom. The molecule has 2 heterocycles. The number of rotatable bonds is 5. The Kier molecular flexibility index (Phi) is 4.94. The topological polar surface area (TPSA) is 83.2 Å². The highest BCUT2D eigenvalue weighted by Gasteiger charge is 2.34. The molecule has 1 amide bonds. The fraction of sp³-hybridized carbons (Fsp3) is 0.643. The van der Waals surface area contributed by atoms with E-state index in [2.05, 4.69) is 16.5 Å². The molecule has 1 fully saturated rings. The molecule has 2 rings (SSSR count). The highest BCUT2D eigenvalue weighted by Crippen LogP contribution is 2.19. The van der Waals surface area contributed by atoms with Crippen LogP contribution in [0.15, 0.2) is 6.07 Å². The summed E-state index contributed by atoms with van der Waals surface area (Å²) >= 11 is 0. The number of nitrogens with one attached hydrogen (secondary N) is 1. The smallest absolute Gasteiger partial charge is 0.243 e. The molecule has 2 atom stereocenters. The minimum atomic E-state index is -0.195. The Morgan fingerprint density at radius 1 is 1.67 bits per heavy atom. The van der Waals surface area contributed by atoms with Crippen LogP contribution < -0.4 is 5.32 Å². The molecule has 1 aromatic heterocycles. The van der Waals surface area contributed by atoms with Crippen molar-refractivity contribution in [3.63, 3.8) is 0 Å². The maximum atomic E-state index is 12.3. The number of nitrogens with zero attached hydrogens (tertiary/aromatic N) is 4. The Morgan fingerprint density at radius 2 is 2.43 bits per heavy atom. The summed E-state index contributed by atoms with van der Waals surface area (Å²) in [6, 6.07) is 3.71. The number of ether oxygens (including phenoxy) is 1. The van der Waals surface area contributed by atoms with E-state index < -0.39 is 0 Å². The quantitative estimate of drug-likeness (QED) is 0.866. The fourth-order valence-corrected chi connectivity index (χ4v) is 2.59. The van der Waals surface area contributed by atoms with Crippen LogP contribution in [0.1, 0.15) is 18.5 Å². The van der Waals surface area contributed by atoms with E-state index in [9.17, 15) is 4.79 Å². The number of carbonyl (C=O) groups is 1. The van der Waals surface area contributed by atoms with E-state index in [1.54, 1.807) is 11.8 Å². The monoisotopic (exact) mass is 291 g/mol. The maximum Gasteiger partial charge on any atom is 0.243 e. The number of hydrogen-bond acceptors (Lipinski definition) is 5. The first-order chi connectivity index (χ1) is 10.0. The Hall–Kier alpha value is -1.91. The average Bonchev–Trinajstić information content (AvgIpc) is 2.99. The average molecular weight is 291 g/mol. The van der Waals surface area contributed by atoms with Gasteiger partial charge in [-0.2, -0.15) is 10.4 Å². The molecule has 114 valence electrons. The number of carbonyl (C=O) groups excluding carboxylic acids is 1. The standard InChI is InChI=1S/C14H21N5O2/c1-10-7-13(17-19(10)6-4-5-15)16-14(20)12-8-11(21-3)9-18(12)2/h7,11-12H,4,6,8-9H2,1-3H3,(H,16,17,20)/t11-,12-/m0/s1. The molecule has 0 aromatic carbocycles. The van der Waals surface area contributed by atoms with Gasteiger partial charge in [0, 0.05) is 25.4 Å². The van der Waals surface area contributed by atoms with Gasteiger partial charge in [-0.3, -0.25) is 14.4 Å². The second-order valence-corrected chi connectivity index (χ2v) is 5.34. The van der Waals surface area contributed by atoms with Gasteiger partial charge < -0.3 is 10.1 Å². The number of likely N-dealkylation sites (N-methyl/N-ethyl adjacent to an activating group) is 1. The first-order valence-electron chi connectivity index (χ1n) is 7.00. The van der Waals surface area contributed by atoms with E-state index in [0.29, 0.717) is 25.2 Å². The molecule has 1 aliphatic heterocycles. The molecule has 1 aliphatic rings. The fourth-order valence-electron chi connectivity index (χ4n) is 2.59. The van der Waals surface area contributed by atoms with Crippen molar-refractivity contribution < 1.29 is 9.53 Å². The van der Waals surface area contributed by atoms with Gasteiger partial charge in [0.1, 0.15) is 0 Å². The van der Waals surface area contributed by atoms with Crippen LogP contribution in [0, 0.1) is 18.3 Å². The second kappa shape index (κ2) is 6.70. The minimum Gasteiger partial charge on any atom is -0.380 e. The van der Waals surface area contributed by atoms with Crippen molar-refractivity contribution in [2.45, 2.75) is 38.5 Å². The maximum absolute atomic E-state index is 12.3. The van der Waals surface area contributed by atoms with Gasteiger partial charge in [0.25, 0.3) is 0 Å². The first-order valence-corrected chi connectivity index (χ1v) is 7.00. The van der Waals surface area contributed by atoms with Crippen LogP contribution in [0.2, 0.25) is 0 Å². The second-order valence-electron chi connectivity index (χ2n) is 5.34. The molecule has 21 heavy (non-hydrogen) atoms. The van der Waals surface area contributed by atoms with Crippen molar-refractivity contribution in [3.05, 3.63) is 11.8 Å². The SMILES string of the molecule is CO[C@H]1C[C@@H](C(=O)Nc2cc(C)n(CCC#N)n2)N(C)C1. The molecule has 1 aromatic rings. The van der Waals surface area contributed by atoms with E-state index in [1.165, 1.54) is 0 Å². The van der Waals surface area contributed by atoms with Crippen molar-refractivity contribution in [3.8, 4) is 6.07 Å². The Balaban J connectivity index is 1.98. The van der Waals surface area contributed by atoms with Crippen molar-refractivity contribution in [2.24, 2.45) is 0 Å². The summed E-state index contributed by atoms with van der Waals surface area (Å²) in [7, 11) is 3.58. The predicted octanol–water partition coefficient (Wildman–Crippen LogP) is 0.763. The summed E-state index contributed by atoms with van der Waals surface area (Å²) < 4.78 is 7.04. The van der Waals surface area contributed by atoms with Crippen molar-refractivity contribution in [1.29, 1.82) is 5.26 Å². The van der Waals surface area contributed by atoms with Gasteiger partial charge in [-0.05, 0) is 20.4 Å². The van der Waals surface area contributed by atoms with Gasteiger partial charge in [-0.1, -0.05) is 0 Å². The number of amides is 1. The van der Waals surface area contributed by atoms with Crippen molar-refractivity contribution >= 4 is 11.7 Å². The van der Waals surface area contributed by atoms with E-state index in [-0.39, 0.29) is 18.1 Å². The molecule has 0 aliphatic carbocycles. The molecule has 0 radical (unpaired) electrons. The number of anilines is 1. The van der Waals surface area contributed by atoms with Crippen molar-refractivity contribution in [1.82, 2.24) is 14.7 Å². The minimum absolute atomic E-state index is 0.0676. The molecule has 1 saturated heterocycles. The molecule has 7 nitrogen and oxygen atoms in total. The van der Waals surface area contributed by atoms with E-state index >= 15 is 0 Å². The molecule has 0 spiro atoms. The van der Waals surface area contributed by atoms with Gasteiger partial charge in [0.15, 0.2) is 5.82 Å². The van der Waals surface area contributed by atoms with Crippen LogP contribution >= 0.6 is 0 Å². The number of likely N-dealkylation sites (tertiary alicyclic amines) is 1. The zero-order valence-electron chi connectivity index (χ0n) is 12.7. The largest absolute Gasteiger partial charge is 0.380 e. The van der Waals surface area contributed by atoms with Crippen LogP contribution in [0.4, 0.5) is 5.82 Å². The van der Waals surface area contributed by atoms with Gasteiger partial charge in [0.05, 0.1) is 31.2 Å². The van der Waals surface area contributed by atoms with Crippen LogP contribution in [-0.2, 0) is 16.1 Å². The Bertz CT molecular complexity index is 548. The third kappa shape index (κ3) is 3.60. The molecule has 0 bridgehead atoms. The summed E-state index contributed by atoms with van der Waals surface area (Å²) in [5.74, 6) is 0.465. The van der Waals surface area contributed by atoms with E-state index in [0.717, 1.165) is 12.2 Å². The number of nitriles is 1. The number of aromatic nitrogens is 2. The van der Waals surface area contributed by atoms with Gasteiger partial charge >= 0.3 is 0 Å². The molecule has 0 unspecified atom stereocenters. The van der Waals surface area contributed by atoms with Gasteiger partial charge in [-0.25, -0.2) is 0 Å². The first kappa shape index (κ1) is 15.5. The highest BCUT2D eigenvalue weighted by molar-refractivity contribution is 5.94. The molecule has 1 N–H and O–H groups in total. The van der Waals surface area contributed by atoms with Gasteiger partial charge in [0.2, 0.25) is 5.91 Å². The molecular weight excluding hydrogens is 270 g/mol. The lowest BCUT2D eigenvalue weighted by Crippen LogP contribution is -2.37. The number of aryl methyl sites for hydroxylation is 2. The van der Waals surface area contributed by atoms with Crippen LogP contribution in [-0.4, -0.2) is 53.4 Å². The number of methoxy groups -OCH3 is 1. The lowest BCUT2D eigenvalue weighted by atomic mass is 10.2. The van der Waals surface area contributed by atoms with Crippen LogP contribution in [0.3, 0.4) is 0 Å². The van der Waals surface area contributed by atoms with Crippen LogP contribution in [0.25, 0.3) is 0 Å². The lowest BCUT2D eigenvalue weighted by molar-refractivity contribution is -0.120. The van der Waals surface area contributed by atoms with E-state index in [4.69, 9.17) is 10.00 Å². The summed E-state index contributed by atoms with van der Waals surface area (Å²) in [4.78, 5) is 14.3. The lowest BCUT2D eigenvalue weighted by Gasteiger charge is -2.17. The van der Waals surface area contributed by atoms with Gasteiger partial charge in [-0.15, -0.1) is 0 Å². The van der Waals surface area contributed by atoms with Crippen molar-refractivity contribution in [2.75, 3.05) is 26.0 Å². The molecule has 0 saturated carbocycles. The predicted molar refractivity (Wildman–Crippen MR) is 77.7 cm³/mol. The summed E-state index contributed by atoms with van der Waals surface area (Å²) in [5.41, 5.74) is 0.926. The van der Waals surface area contributed by atoms with E-state index in [1.807, 2.05) is 24.9 Å². The summed E-state index contributed by atoms with van der Waals surface area (Å²) in [5, 5.41) is 15.8. The highest BCUT2D eigenvalue weighted by atomic mass is 16.5. The summed E-state index contributed by atoms with van der Waals surface area (Å²) in [6.45, 7) is 3.19. The van der Waals surface area contributed by atoms with Crippen LogP contribution in [0.5, 0.6) is 0 Å². The summed E-state index contributed by atoms with van der Waals surface area (Å²) in [6.07, 6.45) is 1.18. The third-order valence-electron chi connectivity index (χ3n) is 3.81. The Labute approximate surface area is 124 Å². The zero-order valence-corrected chi connectivity index (χ0v) is 12.7.